The SMILES string of the molecule is CCC(C)(C)CNC(=O)OC1CCC(C(=O)N(CC2CCC(c3ccc(OC)c(C)c3)CC2)c2cc(-c3cnn(C(F)(F)F)c3)ccn2)CC1. The lowest BCUT2D eigenvalue weighted by atomic mass is 9.78. The van der Waals surface area contributed by atoms with Gasteiger partial charge in [0.25, 0.3) is 0 Å². The van der Waals surface area contributed by atoms with Crippen molar-refractivity contribution in [2.45, 2.75) is 104 Å². The third-order valence-electron chi connectivity index (χ3n) is 10.6. The van der Waals surface area contributed by atoms with Gasteiger partial charge in [0.05, 0.1) is 13.3 Å². The zero-order chi connectivity index (χ0) is 36.1. The van der Waals surface area contributed by atoms with Crippen molar-refractivity contribution in [2.75, 3.05) is 25.1 Å². The smallest absolute Gasteiger partial charge is 0.496 e. The number of pyridine rings is 1. The van der Waals surface area contributed by atoms with Gasteiger partial charge in [0.15, 0.2) is 0 Å². The average molecular weight is 698 g/mol. The highest BCUT2D eigenvalue weighted by Crippen LogP contribution is 2.39. The second-order valence-corrected chi connectivity index (χ2v) is 14.7. The molecule has 1 N–H and O–H groups in total. The summed E-state index contributed by atoms with van der Waals surface area (Å²) >= 11 is 0. The fourth-order valence-corrected chi connectivity index (χ4v) is 7.02. The maximum atomic E-state index is 14.3. The van der Waals surface area contributed by atoms with Crippen LogP contribution in [0.15, 0.2) is 48.9 Å². The Kier molecular flexibility index (Phi) is 11.8. The number of anilines is 1. The number of alkyl carbamates (subject to hydrolysis) is 1. The molecule has 2 aliphatic carbocycles. The van der Waals surface area contributed by atoms with Crippen molar-refractivity contribution in [1.29, 1.82) is 0 Å². The van der Waals surface area contributed by atoms with E-state index in [2.05, 4.69) is 55.2 Å². The highest BCUT2D eigenvalue weighted by Gasteiger charge is 2.35. The van der Waals surface area contributed by atoms with Crippen LogP contribution in [-0.2, 0) is 15.8 Å². The Morgan fingerprint density at radius 2 is 1.72 bits per heavy atom. The molecule has 12 heteroatoms. The molecule has 0 radical (unpaired) electrons. The zero-order valence-corrected chi connectivity index (χ0v) is 29.8. The number of alkyl halides is 3. The van der Waals surface area contributed by atoms with Crippen LogP contribution in [0.2, 0.25) is 0 Å². The van der Waals surface area contributed by atoms with E-state index in [-0.39, 0.29) is 39.5 Å². The lowest BCUT2D eigenvalue weighted by Gasteiger charge is -2.36. The van der Waals surface area contributed by atoms with Crippen LogP contribution in [0, 0.1) is 24.2 Å². The number of methoxy groups -OCH3 is 1. The number of nitrogens with one attached hydrogen (secondary N) is 1. The Balaban J connectivity index is 1.28. The van der Waals surface area contributed by atoms with Gasteiger partial charge < -0.3 is 14.8 Å². The van der Waals surface area contributed by atoms with Crippen molar-refractivity contribution in [3.05, 3.63) is 60.0 Å². The molecule has 272 valence electrons. The van der Waals surface area contributed by atoms with E-state index in [1.54, 1.807) is 24.1 Å². The van der Waals surface area contributed by atoms with Crippen LogP contribution in [0.1, 0.15) is 95.6 Å². The van der Waals surface area contributed by atoms with E-state index in [1.807, 2.05) is 6.07 Å². The molecule has 9 nitrogen and oxygen atoms in total. The Morgan fingerprint density at radius 3 is 2.34 bits per heavy atom. The van der Waals surface area contributed by atoms with Crippen LogP contribution in [0.3, 0.4) is 0 Å². The van der Waals surface area contributed by atoms with Gasteiger partial charge in [-0.3, -0.25) is 9.69 Å². The van der Waals surface area contributed by atoms with E-state index in [0.717, 1.165) is 49.6 Å². The van der Waals surface area contributed by atoms with E-state index in [4.69, 9.17) is 9.47 Å². The minimum atomic E-state index is -4.63. The third-order valence-corrected chi connectivity index (χ3v) is 10.6. The summed E-state index contributed by atoms with van der Waals surface area (Å²) in [6, 6.07) is 9.66. The number of carbonyl (C=O) groups is 2. The van der Waals surface area contributed by atoms with Crippen LogP contribution in [0.4, 0.5) is 23.8 Å². The van der Waals surface area contributed by atoms with E-state index in [9.17, 15) is 22.8 Å². The highest BCUT2D eigenvalue weighted by molar-refractivity contribution is 5.94. The van der Waals surface area contributed by atoms with Crippen LogP contribution in [-0.4, -0.2) is 53.1 Å². The van der Waals surface area contributed by atoms with Gasteiger partial charge >= 0.3 is 12.4 Å². The first-order valence-electron chi connectivity index (χ1n) is 17.7. The fraction of sp³-hybridized carbons (Fsp3) is 0.579. The summed E-state index contributed by atoms with van der Waals surface area (Å²) in [4.78, 5) is 33.1. The number of amides is 2. The number of benzene rings is 1. The zero-order valence-electron chi connectivity index (χ0n) is 29.8. The summed E-state index contributed by atoms with van der Waals surface area (Å²) in [5.74, 6) is 1.61. The van der Waals surface area contributed by atoms with Gasteiger partial charge in [-0.2, -0.15) is 9.78 Å². The van der Waals surface area contributed by atoms with E-state index in [1.165, 1.54) is 18.0 Å². The summed E-state index contributed by atoms with van der Waals surface area (Å²) in [6.45, 7) is 9.30. The number of halogens is 3. The Labute approximate surface area is 292 Å². The highest BCUT2D eigenvalue weighted by atomic mass is 19.4. The lowest BCUT2D eigenvalue weighted by Crippen LogP contribution is -2.43. The number of carbonyl (C=O) groups excluding carboxylic acids is 2. The molecule has 50 heavy (non-hydrogen) atoms. The molecule has 0 saturated heterocycles. The fourth-order valence-electron chi connectivity index (χ4n) is 7.02. The predicted molar refractivity (Wildman–Crippen MR) is 186 cm³/mol. The molecule has 2 heterocycles. The van der Waals surface area contributed by atoms with Gasteiger partial charge in [-0.05, 0) is 117 Å². The molecule has 2 saturated carbocycles. The predicted octanol–water partition coefficient (Wildman–Crippen LogP) is 8.77. The first-order valence-corrected chi connectivity index (χ1v) is 17.7. The number of aryl methyl sites for hydroxylation is 1. The number of hydrogen-bond donors (Lipinski definition) is 1. The Morgan fingerprint density at radius 1 is 1.00 bits per heavy atom. The van der Waals surface area contributed by atoms with Crippen LogP contribution >= 0.6 is 0 Å². The molecule has 0 bridgehead atoms. The molecule has 0 unspecified atom stereocenters. The molecule has 2 amide bonds. The van der Waals surface area contributed by atoms with Gasteiger partial charge in [0.2, 0.25) is 5.91 Å². The summed E-state index contributed by atoms with van der Waals surface area (Å²) < 4.78 is 51.0. The summed E-state index contributed by atoms with van der Waals surface area (Å²) in [5.41, 5.74) is 3.16. The largest absolute Gasteiger partial charge is 0.504 e. The Bertz CT molecular complexity index is 1610. The van der Waals surface area contributed by atoms with E-state index < -0.39 is 12.4 Å². The average Bonchev–Trinajstić information content (AvgIpc) is 3.62. The second kappa shape index (κ2) is 15.9. The quantitative estimate of drug-likeness (QED) is 0.215. The normalized spacial score (nSPS) is 21.4. The molecule has 1 aromatic carbocycles. The maximum absolute atomic E-state index is 14.3. The number of rotatable bonds is 11. The van der Waals surface area contributed by atoms with Crippen LogP contribution < -0.4 is 15.0 Å². The molecule has 0 atom stereocenters. The van der Waals surface area contributed by atoms with Crippen molar-refractivity contribution in [3.8, 4) is 16.9 Å². The maximum Gasteiger partial charge on any atom is 0.504 e. The Hall–Kier alpha value is -4.09. The first kappa shape index (κ1) is 37.2. The molecule has 0 spiro atoms. The summed E-state index contributed by atoms with van der Waals surface area (Å²) in [6.07, 6.45) is 5.36. The number of ether oxygens (including phenoxy) is 2. The van der Waals surface area contributed by atoms with Crippen molar-refractivity contribution < 1.29 is 32.2 Å². The van der Waals surface area contributed by atoms with Crippen molar-refractivity contribution >= 4 is 17.8 Å². The minimum Gasteiger partial charge on any atom is -0.496 e. The monoisotopic (exact) mass is 697 g/mol. The van der Waals surface area contributed by atoms with Gasteiger partial charge in [0, 0.05) is 37.0 Å². The molecule has 2 fully saturated rings. The minimum absolute atomic E-state index is 0.0231. The van der Waals surface area contributed by atoms with Crippen molar-refractivity contribution in [2.24, 2.45) is 17.3 Å². The van der Waals surface area contributed by atoms with Crippen molar-refractivity contribution in [3.63, 3.8) is 0 Å². The molecule has 2 aliphatic rings. The topological polar surface area (TPSA) is 98.6 Å². The first-order chi connectivity index (χ1) is 23.8. The summed E-state index contributed by atoms with van der Waals surface area (Å²) in [5, 5.41) is 6.36. The number of nitrogens with zero attached hydrogens (tertiary/aromatic N) is 4. The molecule has 3 aromatic rings. The van der Waals surface area contributed by atoms with Crippen molar-refractivity contribution in [1.82, 2.24) is 20.1 Å². The third kappa shape index (κ3) is 9.37. The second-order valence-electron chi connectivity index (χ2n) is 14.7. The van der Waals surface area contributed by atoms with Gasteiger partial charge in [-0.25, -0.2) is 9.78 Å². The summed E-state index contributed by atoms with van der Waals surface area (Å²) in [7, 11) is 1.67. The molecular formula is C38H50F3N5O4. The standard InChI is InChI=1S/C38H50F3N5O4/c1-6-37(3,4)24-43-36(48)50-32-14-11-28(12-15-32)35(47)45(34-20-30(17-18-42-34)31-21-44-46(23-31)38(39,40)41)22-26-7-9-27(10-8-26)29-13-16-33(49-5)25(2)19-29/h13,16-21,23,26-28,32H,6-12,14-15,22,24H2,1-5H3,(H,43,48). The van der Waals surface area contributed by atoms with Crippen LogP contribution in [0.5, 0.6) is 5.75 Å². The van der Waals surface area contributed by atoms with Gasteiger partial charge in [-0.1, -0.05) is 32.9 Å². The molecule has 5 rings (SSSR count). The molecule has 0 aliphatic heterocycles. The number of hydrogen-bond acceptors (Lipinski definition) is 6. The van der Waals surface area contributed by atoms with Gasteiger partial charge in [0.1, 0.15) is 17.7 Å². The lowest BCUT2D eigenvalue weighted by molar-refractivity contribution is -0.212. The van der Waals surface area contributed by atoms with E-state index in [0.29, 0.717) is 56.1 Å². The number of aromatic nitrogens is 3. The molecular weight excluding hydrogens is 647 g/mol. The van der Waals surface area contributed by atoms with Gasteiger partial charge in [-0.15, -0.1) is 13.2 Å². The van der Waals surface area contributed by atoms with E-state index >= 15 is 0 Å². The van der Waals surface area contributed by atoms with Crippen LogP contribution in [0.25, 0.3) is 11.1 Å². The molecule has 2 aromatic heterocycles.